The third-order valence-corrected chi connectivity index (χ3v) is 6.21. The van der Waals surface area contributed by atoms with E-state index in [0.29, 0.717) is 10.8 Å². The topological polar surface area (TPSA) is 37.4 Å². The molecule has 0 amide bonds. The van der Waals surface area contributed by atoms with E-state index in [1.165, 1.54) is 15.6 Å². The average molecular weight is 295 g/mol. The van der Waals surface area contributed by atoms with E-state index < -0.39 is 10.0 Å². The summed E-state index contributed by atoms with van der Waals surface area (Å²) in [6, 6.07) is 9.22. The predicted octanol–water partition coefficient (Wildman–Crippen LogP) is 3.58. The Kier molecular flexibility index (Phi) is 3.96. The van der Waals surface area contributed by atoms with E-state index in [0.717, 1.165) is 16.8 Å². The minimum atomic E-state index is -3.44. The molecule has 1 aromatic heterocycles. The second-order valence-corrected chi connectivity index (χ2v) is 7.43. The van der Waals surface area contributed by atoms with E-state index in [9.17, 15) is 8.42 Å². The molecule has 3 nitrogen and oxygen atoms in total. The first-order chi connectivity index (χ1) is 8.96. The molecule has 2 aromatic rings. The molecule has 0 fully saturated rings. The van der Waals surface area contributed by atoms with Crippen LogP contribution < -0.4 is 4.31 Å². The number of anilines is 1. The molecule has 0 unspecified atom stereocenters. The van der Waals surface area contributed by atoms with Crippen LogP contribution in [0.5, 0.6) is 0 Å². The van der Waals surface area contributed by atoms with Crippen molar-refractivity contribution in [2.24, 2.45) is 0 Å². The van der Waals surface area contributed by atoms with Gasteiger partial charge in [0.15, 0.2) is 0 Å². The van der Waals surface area contributed by atoms with E-state index in [1.54, 1.807) is 17.5 Å². The molecule has 0 aliphatic rings. The number of benzene rings is 1. The Morgan fingerprint density at radius 2 is 1.95 bits per heavy atom. The van der Waals surface area contributed by atoms with Gasteiger partial charge in [0.2, 0.25) is 0 Å². The fourth-order valence-corrected chi connectivity index (χ4v) is 4.72. The van der Waals surface area contributed by atoms with Gasteiger partial charge in [-0.3, -0.25) is 4.31 Å². The van der Waals surface area contributed by atoms with Crippen LogP contribution in [0.15, 0.2) is 39.9 Å². The summed E-state index contributed by atoms with van der Waals surface area (Å²) >= 11 is 1.25. The third-order valence-electron chi connectivity index (χ3n) is 2.95. The summed E-state index contributed by atoms with van der Waals surface area (Å²) in [5.74, 6) is 0. The van der Waals surface area contributed by atoms with Crippen LogP contribution in [0.4, 0.5) is 5.69 Å². The molecule has 0 N–H and O–H groups in total. The molecule has 0 saturated carbocycles. The molecule has 0 aliphatic heterocycles. The molecule has 102 valence electrons. The maximum atomic E-state index is 12.6. The van der Waals surface area contributed by atoms with Gasteiger partial charge in [-0.2, -0.15) is 0 Å². The maximum absolute atomic E-state index is 12.6. The lowest BCUT2D eigenvalue weighted by atomic mass is 10.1. The van der Waals surface area contributed by atoms with Gasteiger partial charge < -0.3 is 0 Å². The van der Waals surface area contributed by atoms with Crippen molar-refractivity contribution >= 4 is 27.0 Å². The minimum absolute atomic E-state index is 0.384. The Morgan fingerprint density at radius 1 is 1.21 bits per heavy atom. The van der Waals surface area contributed by atoms with Gasteiger partial charge in [-0.15, -0.1) is 11.3 Å². The zero-order valence-corrected chi connectivity index (χ0v) is 12.9. The van der Waals surface area contributed by atoms with Gasteiger partial charge in [0.05, 0.1) is 5.69 Å². The monoisotopic (exact) mass is 295 g/mol. The van der Waals surface area contributed by atoms with Crippen LogP contribution >= 0.6 is 11.3 Å². The molecule has 0 saturated heterocycles. The molecule has 1 heterocycles. The summed E-state index contributed by atoms with van der Waals surface area (Å²) in [5.41, 5.74) is 2.86. The van der Waals surface area contributed by atoms with Crippen LogP contribution in [-0.2, 0) is 10.0 Å². The SMILES string of the molecule is CCN(c1ccc(C)cc1C)S(=O)(=O)c1cccs1. The summed E-state index contributed by atoms with van der Waals surface area (Å²) in [6.07, 6.45) is 0. The Balaban J connectivity index is 2.51. The van der Waals surface area contributed by atoms with Gasteiger partial charge >= 0.3 is 0 Å². The van der Waals surface area contributed by atoms with Gasteiger partial charge in [0.1, 0.15) is 4.21 Å². The van der Waals surface area contributed by atoms with Gasteiger partial charge in [0.25, 0.3) is 10.0 Å². The fraction of sp³-hybridized carbons (Fsp3) is 0.286. The molecule has 0 aliphatic carbocycles. The Bertz CT molecular complexity index is 661. The summed E-state index contributed by atoms with van der Waals surface area (Å²) in [7, 11) is -3.44. The number of sulfonamides is 1. The summed E-state index contributed by atoms with van der Waals surface area (Å²) in [4.78, 5) is 0. The first-order valence-electron chi connectivity index (χ1n) is 6.10. The van der Waals surface area contributed by atoms with E-state index in [1.807, 2.05) is 39.0 Å². The lowest BCUT2D eigenvalue weighted by Crippen LogP contribution is -2.30. The highest BCUT2D eigenvalue weighted by Gasteiger charge is 2.25. The van der Waals surface area contributed by atoms with Crippen LogP contribution in [0.2, 0.25) is 0 Å². The zero-order chi connectivity index (χ0) is 14.0. The van der Waals surface area contributed by atoms with Crippen LogP contribution in [0.1, 0.15) is 18.1 Å². The largest absolute Gasteiger partial charge is 0.273 e. The van der Waals surface area contributed by atoms with Crippen molar-refractivity contribution in [1.82, 2.24) is 0 Å². The van der Waals surface area contributed by atoms with Crippen LogP contribution in [0, 0.1) is 13.8 Å². The van der Waals surface area contributed by atoms with E-state index in [2.05, 4.69) is 0 Å². The van der Waals surface area contributed by atoms with Crippen LogP contribution in [0.25, 0.3) is 0 Å². The van der Waals surface area contributed by atoms with Crippen LogP contribution in [0.3, 0.4) is 0 Å². The highest BCUT2D eigenvalue weighted by atomic mass is 32.2. The molecule has 19 heavy (non-hydrogen) atoms. The predicted molar refractivity (Wildman–Crippen MR) is 80.4 cm³/mol. The van der Waals surface area contributed by atoms with Crippen molar-refractivity contribution in [2.45, 2.75) is 25.0 Å². The second kappa shape index (κ2) is 5.35. The van der Waals surface area contributed by atoms with E-state index >= 15 is 0 Å². The summed E-state index contributed by atoms with van der Waals surface area (Å²) in [5, 5.41) is 1.78. The molecule has 0 spiro atoms. The highest BCUT2D eigenvalue weighted by molar-refractivity contribution is 7.94. The van der Waals surface area contributed by atoms with Crippen molar-refractivity contribution in [3.8, 4) is 0 Å². The average Bonchev–Trinajstić information content (AvgIpc) is 2.87. The molecule has 1 aromatic carbocycles. The fourth-order valence-electron chi connectivity index (χ4n) is 2.07. The van der Waals surface area contributed by atoms with Crippen molar-refractivity contribution in [3.63, 3.8) is 0 Å². The van der Waals surface area contributed by atoms with Gasteiger partial charge in [0, 0.05) is 6.54 Å². The molecular formula is C14H17NO2S2. The quantitative estimate of drug-likeness (QED) is 0.864. The maximum Gasteiger partial charge on any atom is 0.273 e. The zero-order valence-electron chi connectivity index (χ0n) is 11.3. The van der Waals surface area contributed by atoms with Crippen molar-refractivity contribution in [2.75, 3.05) is 10.8 Å². The van der Waals surface area contributed by atoms with Crippen LogP contribution in [-0.4, -0.2) is 15.0 Å². The summed E-state index contributed by atoms with van der Waals surface area (Å²) < 4.78 is 27.0. The first kappa shape index (κ1) is 14.1. The van der Waals surface area contributed by atoms with Gasteiger partial charge in [-0.1, -0.05) is 23.8 Å². The first-order valence-corrected chi connectivity index (χ1v) is 8.42. The third kappa shape index (κ3) is 2.67. The number of hydrogen-bond acceptors (Lipinski definition) is 3. The van der Waals surface area contributed by atoms with Gasteiger partial charge in [-0.05, 0) is 43.8 Å². The number of thiophene rings is 1. The minimum Gasteiger partial charge on any atom is -0.266 e. The lowest BCUT2D eigenvalue weighted by molar-refractivity contribution is 0.594. The number of aryl methyl sites for hydroxylation is 2. The Hall–Kier alpha value is -1.33. The number of hydrogen-bond donors (Lipinski definition) is 0. The Morgan fingerprint density at radius 3 is 2.47 bits per heavy atom. The van der Waals surface area contributed by atoms with Gasteiger partial charge in [-0.25, -0.2) is 8.42 Å². The molecule has 0 bridgehead atoms. The normalized spacial score (nSPS) is 11.5. The summed E-state index contributed by atoms with van der Waals surface area (Å²) in [6.45, 7) is 6.21. The van der Waals surface area contributed by atoms with Crippen molar-refractivity contribution < 1.29 is 8.42 Å². The standard InChI is InChI=1S/C14H17NO2S2/c1-4-15(13-8-7-11(2)10-12(13)3)19(16,17)14-6-5-9-18-14/h5-10H,4H2,1-3H3. The molecule has 5 heteroatoms. The highest BCUT2D eigenvalue weighted by Crippen LogP contribution is 2.29. The van der Waals surface area contributed by atoms with Crippen molar-refractivity contribution in [3.05, 3.63) is 46.8 Å². The smallest absolute Gasteiger partial charge is 0.266 e. The second-order valence-electron chi connectivity index (χ2n) is 4.39. The number of rotatable bonds is 4. The lowest BCUT2D eigenvalue weighted by Gasteiger charge is -2.24. The molecule has 0 atom stereocenters. The molecule has 2 rings (SSSR count). The molecule has 0 radical (unpaired) electrons. The van der Waals surface area contributed by atoms with E-state index in [-0.39, 0.29) is 0 Å². The number of nitrogens with zero attached hydrogens (tertiary/aromatic N) is 1. The Labute approximate surface area is 118 Å². The van der Waals surface area contributed by atoms with Crippen molar-refractivity contribution in [1.29, 1.82) is 0 Å². The van der Waals surface area contributed by atoms with E-state index in [4.69, 9.17) is 0 Å². The molecular weight excluding hydrogens is 278 g/mol.